The minimum absolute atomic E-state index is 0.0150. The molecule has 0 radical (unpaired) electrons. The van der Waals surface area contributed by atoms with Gasteiger partial charge in [-0.3, -0.25) is 4.57 Å². The average Bonchev–Trinajstić information content (AvgIpc) is 2.66. The van der Waals surface area contributed by atoms with E-state index in [0.717, 1.165) is 4.57 Å². The van der Waals surface area contributed by atoms with Crippen molar-refractivity contribution in [3.05, 3.63) is 22.7 Å². The number of rotatable bonds is 3. The van der Waals surface area contributed by atoms with E-state index in [2.05, 4.69) is 4.98 Å². The normalized spacial score (nSPS) is 32.4. The van der Waals surface area contributed by atoms with Crippen LogP contribution in [0.25, 0.3) is 0 Å². The summed E-state index contributed by atoms with van der Waals surface area (Å²) in [5.74, 6) is 0.0150. The molecule has 1 saturated heterocycles. The Balaban J connectivity index is 2.29. The summed E-state index contributed by atoms with van der Waals surface area (Å²) < 4.78 is 6.17. The number of aliphatic hydroxyl groups is 4. The quantitative estimate of drug-likeness (QED) is 0.386. The van der Waals surface area contributed by atoms with Gasteiger partial charge in [-0.2, -0.15) is 4.98 Å². The van der Waals surface area contributed by atoms with Crippen molar-refractivity contribution in [2.75, 3.05) is 12.3 Å². The van der Waals surface area contributed by atoms with Crippen LogP contribution < -0.4 is 11.4 Å². The zero-order valence-corrected chi connectivity index (χ0v) is 9.83. The van der Waals surface area contributed by atoms with Gasteiger partial charge in [0.1, 0.15) is 30.2 Å². The van der Waals surface area contributed by atoms with E-state index in [1.54, 1.807) is 0 Å². The Kier molecular flexibility index (Phi) is 3.83. The van der Waals surface area contributed by atoms with Crippen molar-refractivity contribution in [2.45, 2.75) is 30.6 Å². The minimum atomic E-state index is -1.44. The molecule has 0 bridgehead atoms. The summed E-state index contributed by atoms with van der Waals surface area (Å²) in [6.45, 7) is -0.643. The Morgan fingerprint density at radius 3 is 2.74 bits per heavy atom. The van der Waals surface area contributed by atoms with Crippen LogP contribution in [-0.4, -0.2) is 61.0 Å². The highest BCUT2D eigenvalue weighted by molar-refractivity contribution is 5.23. The van der Waals surface area contributed by atoms with Crippen molar-refractivity contribution in [1.82, 2.24) is 9.55 Å². The number of aromatic nitrogens is 2. The van der Waals surface area contributed by atoms with Crippen LogP contribution in [0.2, 0.25) is 0 Å². The maximum Gasteiger partial charge on any atom is 0.351 e. The number of anilines is 1. The lowest BCUT2D eigenvalue weighted by Crippen LogP contribution is -2.40. The van der Waals surface area contributed by atoms with E-state index >= 15 is 0 Å². The Hall–Kier alpha value is -1.52. The van der Waals surface area contributed by atoms with E-state index in [-0.39, 0.29) is 5.82 Å². The van der Waals surface area contributed by atoms with Gasteiger partial charge in [0.15, 0.2) is 6.23 Å². The fourth-order valence-electron chi connectivity index (χ4n) is 1.96. The first-order valence-corrected chi connectivity index (χ1v) is 5.61. The molecule has 9 heteroatoms. The van der Waals surface area contributed by atoms with Crippen LogP contribution >= 0.6 is 0 Å². The molecule has 2 rings (SSSR count). The molecule has 0 aliphatic carbocycles. The Labute approximate surface area is 107 Å². The highest BCUT2D eigenvalue weighted by Crippen LogP contribution is 2.30. The van der Waals surface area contributed by atoms with Crippen LogP contribution in [0.3, 0.4) is 0 Å². The second-order valence-corrected chi connectivity index (χ2v) is 4.26. The van der Waals surface area contributed by atoms with Crippen LogP contribution in [0.5, 0.6) is 0 Å². The van der Waals surface area contributed by atoms with Gasteiger partial charge in [-0.1, -0.05) is 0 Å². The number of nitrogens with zero attached hydrogens (tertiary/aromatic N) is 2. The molecule has 1 fully saturated rings. The fourth-order valence-corrected chi connectivity index (χ4v) is 1.96. The monoisotopic (exact) mass is 273 g/mol. The summed E-state index contributed by atoms with van der Waals surface area (Å²) in [6.07, 6.45) is -5.38. The third kappa shape index (κ3) is 2.46. The molecule has 1 aliphatic heterocycles. The predicted octanol–water partition coefficient (Wildman–Crippen LogP) is -3.20. The molecule has 9 nitrogen and oxygen atoms in total. The van der Waals surface area contributed by atoms with Crippen molar-refractivity contribution in [2.24, 2.45) is 0 Å². The zero-order valence-electron chi connectivity index (χ0n) is 9.83. The molecule has 1 aromatic rings. The molecule has 5 atom stereocenters. The number of aliphatic hydroxyl groups excluding tert-OH is 4. The smallest absolute Gasteiger partial charge is 0.351 e. The molecule has 1 aromatic heterocycles. The molecular weight excluding hydrogens is 258 g/mol. The zero-order chi connectivity index (χ0) is 14.2. The topological polar surface area (TPSA) is 151 Å². The highest BCUT2D eigenvalue weighted by Gasteiger charge is 2.46. The van der Waals surface area contributed by atoms with E-state index < -0.39 is 42.9 Å². The molecule has 0 saturated carbocycles. The van der Waals surface area contributed by atoms with Crippen molar-refractivity contribution in [1.29, 1.82) is 0 Å². The van der Waals surface area contributed by atoms with E-state index in [9.17, 15) is 20.1 Å². The number of hydrogen-bond donors (Lipinski definition) is 5. The van der Waals surface area contributed by atoms with Crippen LogP contribution in [0.4, 0.5) is 5.82 Å². The molecule has 0 spiro atoms. The second kappa shape index (κ2) is 5.23. The molecule has 106 valence electrons. The van der Waals surface area contributed by atoms with Crippen molar-refractivity contribution < 1.29 is 25.2 Å². The summed E-state index contributed by atoms with van der Waals surface area (Å²) in [4.78, 5) is 15.1. The van der Waals surface area contributed by atoms with E-state index in [1.165, 1.54) is 12.3 Å². The Bertz CT molecular complexity index is 506. The third-order valence-corrected chi connectivity index (χ3v) is 2.97. The van der Waals surface area contributed by atoms with Crippen molar-refractivity contribution in [3.63, 3.8) is 0 Å². The van der Waals surface area contributed by atoms with Gasteiger partial charge < -0.3 is 30.9 Å². The molecule has 0 amide bonds. The van der Waals surface area contributed by atoms with Crippen molar-refractivity contribution in [3.8, 4) is 0 Å². The van der Waals surface area contributed by atoms with Gasteiger partial charge in [-0.05, 0) is 6.07 Å². The molecule has 6 N–H and O–H groups in total. The minimum Gasteiger partial charge on any atom is -0.394 e. The highest BCUT2D eigenvalue weighted by atomic mass is 16.6. The van der Waals surface area contributed by atoms with E-state index in [1.807, 2.05) is 0 Å². The molecular formula is C10H15N3O6. The first-order chi connectivity index (χ1) is 8.95. The van der Waals surface area contributed by atoms with E-state index in [4.69, 9.17) is 15.6 Å². The van der Waals surface area contributed by atoms with Crippen LogP contribution in [0, 0.1) is 0 Å². The summed E-state index contributed by atoms with van der Waals surface area (Å²) >= 11 is 0. The molecule has 2 heterocycles. The predicted molar refractivity (Wildman–Crippen MR) is 61.9 cm³/mol. The van der Waals surface area contributed by atoms with Gasteiger partial charge in [0.2, 0.25) is 0 Å². The summed E-state index contributed by atoms with van der Waals surface area (Å²) in [5.41, 5.74) is 4.58. The number of nitrogen functional groups attached to an aromatic ring is 1. The molecule has 0 unspecified atom stereocenters. The fraction of sp³-hybridized carbons (Fsp3) is 0.600. The van der Waals surface area contributed by atoms with Gasteiger partial charge in [0.25, 0.3) is 0 Å². The number of hydrogen-bond acceptors (Lipinski definition) is 8. The Morgan fingerprint density at radius 2 is 2.16 bits per heavy atom. The maximum absolute atomic E-state index is 11.6. The number of nitrogens with two attached hydrogens (primary N) is 1. The van der Waals surface area contributed by atoms with Gasteiger partial charge >= 0.3 is 5.69 Å². The summed E-state index contributed by atoms with van der Waals surface area (Å²) in [6, 6.07) is 1.33. The SMILES string of the molecule is Nc1ccn([C@@H]2O[C@H]([C@H](O)CO)[C@@H](O)[C@@H]2O)c(=O)n1. The van der Waals surface area contributed by atoms with Gasteiger partial charge in [0, 0.05) is 6.20 Å². The second-order valence-electron chi connectivity index (χ2n) is 4.26. The van der Waals surface area contributed by atoms with Crippen molar-refractivity contribution >= 4 is 5.82 Å². The van der Waals surface area contributed by atoms with Crippen LogP contribution in [0.1, 0.15) is 6.23 Å². The average molecular weight is 273 g/mol. The summed E-state index contributed by atoms with van der Waals surface area (Å²) in [5, 5.41) is 37.8. The molecule has 1 aliphatic rings. The third-order valence-electron chi connectivity index (χ3n) is 2.97. The largest absolute Gasteiger partial charge is 0.394 e. The first kappa shape index (κ1) is 13.9. The van der Waals surface area contributed by atoms with Gasteiger partial charge in [-0.25, -0.2) is 4.79 Å². The van der Waals surface area contributed by atoms with E-state index in [0.29, 0.717) is 0 Å². The molecule has 19 heavy (non-hydrogen) atoms. The lowest BCUT2D eigenvalue weighted by atomic mass is 10.1. The summed E-state index contributed by atoms with van der Waals surface area (Å²) in [7, 11) is 0. The van der Waals surface area contributed by atoms with Gasteiger partial charge in [-0.15, -0.1) is 0 Å². The first-order valence-electron chi connectivity index (χ1n) is 5.61. The number of ether oxygens (including phenoxy) is 1. The van der Waals surface area contributed by atoms with Crippen LogP contribution in [-0.2, 0) is 4.74 Å². The Morgan fingerprint density at radius 1 is 1.47 bits per heavy atom. The van der Waals surface area contributed by atoms with Crippen LogP contribution in [0.15, 0.2) is 17.1 Å². The van der Waals surface area contributed by atoms with Gasteiger partial charge in [0.05, 0.1) is 6.61 Å². The lowest BCUT2D eigenvalue weighted by Gasteiger charge is -2.18. The standard InChI is InChI=1S/C10H15N3O6/c11-5-1-2-13(10(18)12-5)9-7(17)6(16)8(19-9)4(15)3-14/h1-2,4,6-9,14-17H,3H2,(H2,11,12,18)/t4-,6+,7+,8-,9-/m1/s1. The lowest BCUT2D eigenvalue weighted by molar-refractivity contribution is -0.0981. The molecule has 0 aromatic carbocycles. The maximum atomic E-state index is 11.6.